The average Bonchev–Trinajstić information content (AvgIpc) is 2.50. The summed E-state index contributed by atoms with van der Waals surface area (Å²) in [7, 11) is 0. The monoisotopic (exact) mass is 294 g/mol. The highest BCUT2D eigenvalue weighted by molar-refractivity contribution is 5.99. The molecule has 1 N–H and O–H groups in total. The number of carbonyl (C=O) groups is 2. The Hall–Kier alpha value is -1.06. The van der Waals surface area contributed by atoms with Gasteiger partial charge in [0, 0.05) is 6.54 Å². The summed E-state index contributed by atoms with van der Waals surface area (Å²) in [6.45, 7) is 7.10. The van der Waals surface area contributed by atoms with Crippen molar-refractivity contribution in [3.8, 4) is 0 Å². The van der Waals surface area contributed by atoms with Crippen molar-refractivity contribution in [2.24, 2.45) is 5.92 Å². The third-order valence-electron chi connectivity index (χ3n) is 5.26. The van der Waals surface area contributed by atoms with Crippen LogP contribution in [0.25, 0.3) is 0 Å². The van der Waals surface area contributed by atoms with Crippen LogP contribution < -0.4 is 5.32 Å². The van der Waals surface area contributed by atoms with Gasteiger partial charge in [-0.1, -0.05) is 52.9 Å². The standard InChI is InChI=1S/C17H30N2O2/c1-4-9-14-15(20)19(12-13(3)5-2)17(16(21)18-14)10-7-6-8-11-17/h13-14H,4-12H2,1-3H3,(H,18,21). The lowest BCUT2D eigenvalue weighted by Gasteiger charge is -2.50. The van der Waals surface area contributed by atoms with E-state index >= 15 is 0 Å². The molecule has 0 bridgehead atoms. The molecule has 120 valence electrons. The van der Waals surface area contributed by atoms with Crippen molar-refractivity contribution in [2.45, 2.75) is 83.7 Å². The van der Waals surface area contributed by atoms with Gasteiger partial charge < -0.3 is 10.2 Å². The first-order chi connectivity index (χ1) is 10.0. The highest BCUT2D eigenvalue weighted by Gasteiger charge is 2.52. The highest BCUT2D eigenvalue weighted by Crippen LogP contribution is 2.37. The number of amides is 2. The molecule has 4 nitrogen and oxygen atoms in total. The maximum atomic E-state index is 12.9. The first-order valence-corrected chi connectivity index (χ1v) is 8.67. The predicted molar refractivity (Wildman–Crippen MR) is 83.8 cm³/mol. The van der Waals surface area contributed by atoms with Crippen LogP contribution in [0, 0.1) is 5.92 Å². The molecular weight excluding hydrogens is 264 g/mol. The second-order valence-corrected chi connectivity index (χ2v) is 6.87. The fraction of sp³-hybridized carbons (Fsp3) is 0.882. The van der Waals surface area contributed by atoms with E-state index in [0.29, 0.717) is 5.92 Å². The number of rotatable bonds is 5. The fourth-order valence-electron chi connectivity index (χ4n) is 3.70. The van der Waals surface area contributed by atoms with Crippen LogP contribution in [0.15, 0.2) is 0 Å². The normalized spacial score (nSPS) is 26.8. The summed E-state index contributed by atoms with van der Waals surface area (Å²) in [6.07, 6.45) is 7.66. The van der Waals surface area contributed by atoms with Crippen LogP contribution >= 0.6 is 0 Å². The number of hydrogen-bond donors (Lipinski definition) is 1. The van der Waals surface area contributed by atoms with Crippen LogP contribution in [0.2, 0.25) is 0 Å². The SMILES string of the molecule is CCCC1NC(=O)C2(CCCCC2)N(CC(C)CC)C1=O. The van der Waals surface area contributed by atoms with Gasteiger partial charge in [0.25, 0.3) is 0 Å². The van der Waals surface area contributed by atoms with Gasteiger partial charge in [0.2, 0.25) is 11.8 Å². The van der Waals surface area contributed by atoms with Gasteiger partial charge in [0.1, 0.15) is 11.6 Å². The van der Waals surface area contributed by atoms with Crippen LogP contribution in [0.4, 0.5) is 0 Å². The molecule has 1 aliphatic heterocycles. The third kappa shape index (κ3) is 3.09. The molecule has 2 rings (SSSR count). The van der Waals surface area contributed by atoms with Crippen molar-refractivity contribution in [3.63, 3.8) is 0 Å². The summed E-state index contributed by atoms with van der Waals surface area (Å²) < 4.78 is 0. The van der Waals surface area contributed by atoms with Gasteiger partial charge in [-0.05, 0) is 25.2 Å². The van der Waals surface area contributed by atoms with E-state index in [9.17, 15) is 9.59 Å². The van der Waals surface area contributed by atoms with Crippen molar-refractivity contribution in [1.82, 2.24) is 10.2 Å². The van der Waals surface area contributed by atoms with E-state index in [1.54, 1.807) is 0 Å². The van der Waals surface area contributed by atoms with Crippen LogP contribution in [-0.4, -0.2) is 34.8 Å². The van der Waals surface area contributed by atoms with E-state index in [0.717, 1.165) is 51.5 Å². The predicted octanol–water partition coefficient (Wildman–Crippen LogP) is 2.86. The van der Waals surface area contributed by atoms with Crippen molar-refractivity contribution in [1.29, 1.82) is 0 Å². The summed E-state index contributed by atoms with van der Waals surface area (Å²) in [4.78, 5) is 27.6. The van der Waals surface area contributed by atoms with Crippen molar-refractivity contribution < 1.29 is 9.59 Å². The van der Waals surface area contributed by atoms with Crippen LogP contribution in [-0.2, 0) is 9.59 Å². The number of piperazine rings is 1. The zero-order valence-electron chi connectivity index (χ0n) is 13.8. The zero-order valence-corrected chi connectivity index (χ0v) is 13.8. The van der Waals surface area contributed by atoms with Crippen molar-refractivity contribution in [2.75, 3.05) is 6.54 Å². The summed E-state index contributed by atoms with van der Waals surface area (Å²) in [5, 5.41) is 3.02. The van der Waals surface area contributed by atoms with Gasteiger partial charge >= 0.3 is 0 Å². The van der Waals surface area contributed by atoms with E-state index in [4.69, 9.17) is 0 Å². The molecule has 0 aromatic heterocycles. The van der Waals surface area contributed by atoms with Gasteiger partial charge in [0.15, 0.2) is 0 Å². The largest absolute Gasteiger partial charge is 0.342 e. The first kappa shape index (κ1) is 16.3. The van der Waals surface area contributed by atoms with Gasteiger partial charge in [0.05, 0.1) is 0 Å². The number of nitrogens with one attached hydrogen (secondary N) is 1. The summed E-state index contributed by atoms with van der Waals surface area (Å²) in [5.74, 6) is 0.697. The van der Waals surface area contributed by atoms with E-state index in [2.05, 4.69) is 26.1 Å². The highest BCUT2D eigenvalue weighted by atomic mass is 16.2. The molecule has 4 heteroatoms. The molecule has 2 atom stereocenters. The minimum absolute atomic E-state index is 0.101. The second-order valence-electron chi connectivity index (χ2n) is 6.87. The van der Waals surface area contributed by atoms with E-state index in [1.807, 2.05) is 4.90 Å². The molecule has 2 aliphatic rings. The number of nitrogens with zero attached hydrogens (tertiary/aromatic N) is 1. The quantitative estimate of drug-likeness (QED) is 0.847. The summed E-state index contributed by atoms with van der Waals surface area (Å²) in [5.41, 5.74) is -0.553. The minimum atomic E-state index is -0.553. The molecule has 0 radical (unpaired) electrons. The fourth-order valence-corrected chi connectivity index (χ4v) is 3.70. The summed E-state index contributed by atoms with van der Waals surface area (Å²) >= 11 is 0. The van der Waals surface area contributed by atoms with Gasteiger partial charge in [-0.3, -0.25) is 9.59 Å². The lowest BCUT2D eigenvalue weighted by atomic mass is 9.76. The molecule has 0 aromatic carbocycles. The molecule has 1 saturated heterocycles. The smallest absolute Gasteiger partial charge is 0.246 e. The van der Waals surface area contributed by atoms with Gasteiger partial charge in [-0.15, -0.1) is 0 Å². The third-order valence-corrected chi connectivity index (χ3v) is 5.26. The minimum Gasteiger partial charge on any atom is -0.342 e. The Labute approximate surface area is 128 Å². The Bertz CT molecular complexity index is 388. The Balaban J connectivity index is 2.28. The van der Waals surface area contributed by atoms with Gasteiger partial charge in [-0.2, -0.15) is 0 Å². The maximum Gasteiger partial charge on any atom is 0.246 e. The van der Waals surface area contributed by atoms with Crippen molar-refractivity contribution in [3.05, 3.63) is 0 Å². The molecular formula is C17H30N2O2. The Kier molecular flexibility index (Phi) is 5.28. The Morgan fingerprint density at radius 3 is 2.48 bits per heavy atom. The molecule has 2 unspecified atom stereocenters. The van der Waals surface area contributed by atoms with Crippen LogP contribution in [0.3, 0.4) is 0 Å². The topological polar surface area (TPSA) is 49.4 Å². The Morgan fingerprint density at radius 1 is 1.24 bits per heavy atom. The van der Waals surface area contributed by atoms with Crippen LogP contribution in [0.5, 0.6) is 0 Å². The molecule has 2 amide bonds. The molecule has 1 spiro atoms. The number of carbonyl (C=O) groups excluding carboxylic acids is 2. The lowest BCUT2D eigenvalue weighted by molar-refractivity contribution is -0.161. The van der Waals surface area contributed by atoms with E-state index in [1.165, 1.54) is 6.42 Å². The molecule has 21 heavy (non-hydrogen) atoms. The molecule has 0 aromatic rings. The molecule has 2 fully saturated rings. The first-order valence-electron chi connectivity index (χ1n) is 8.67. The Morgan fingerprint density at radius 2 is 1.90 bits per heavy atom. The van der Waals surface area contributed by atoms with E-state index in [-0.39, 0.29) is 17.9 Å². The molecule has 1 heterocycles. The molecule has 1 aliphatic carbocycles. The van der Waals surface area contributed by atoms with E-state index < -0.39 is 5.54 Å². The molecule has 1 saturated carbocycles. The zero-order chi connectivity index (χ0) is 15.5. The average molecular weight is 294 g/mol. The lowest BCUT2D eigenvalue weighted by Crippen LogP contribution is -2.71. The maximum absolute atomic E-state index is 12.9. The van der Waals surface area contributed by atoms with Gasteiger partial charge in [-0.25, -0.2) is 0 Å². The van der Waals surface area contributed by atoms with Crippen molar-refractivity contribution >= 4 is 11.8 Å². The van der Waals surface area contributed by atoms with Crippen LogP contribution in [0.1, 0.15) is 72.1 Å². The second kappa shape index (κ2) is 6.80. The number of hydrogen-bond acceptors (Lipinski definition) is 2. The summed E-state index contributed by atoms with van der Waals surface area (Å²) in [6, 6.07) is -0.306.